The van der Waals surface area contributed by atoms with Crippen LogP contribution in [-0.2, 0) is 17.8 Å². The summed E-state index contributed by atoms with van der Waals surface area (Å²) >= 11 is 1.48. The van der Waals surface area contributed by atoms with Gasteiger partial charge in [0.1, 0.15) is 5.82 Å². The van der Waals surface area contributed by atoms with Crippen molar-refractivity contribution in [2.75, 3.05) is 38.3 Å². The highest BCUT2D eigenvalue weighted by Crippen LogP contribution is 2.26. The first-order valence-corrected chi connectivity index (χ1v) is 9.66. The van der Waals surface area contributed by atoms with Crippen molar-refractivity contribution in [2.45, 2.75) is 20.0 Å². The van der Waals surface area contributed by atoms with Crippen LogP contribution in [-0.4, -0.2) is 52.8 Å². The first kappa shape index (κ1) is 17.3. The number of nitrogens with zero attached hydrogens (tertiary/aromatic N) is 5. The third-order valence-corrected chi connectivity index (χ3v) is 5.50. The number of hydrogen-bond acceptors (Lipinski definition) is 7. The molecule has 3 aromatic rings. The Bertz CT molecular complexity index is 891. The van der Waals surface area contributed by atoms with Gasteiger partial charge >= 0.3 is 0 Å². The highest BCUT2D eigenvalue weighted by Gasteiger charge is 2.18. The standard InChI is InChI=1S/C19H23N5OS/c1-14-18(26-22-21-14)13-23(2)12-16-11-15-5-3-4-6-17(15)20-19(16)24-7-9-25-10-8-24/h3-6,11H,7-10,12-13H2,1-2H3. The second-order valence-electron chi connectivity index (χ2n) is 6.72. The third-order valence-electron chi connectivity index (χ3n) is 4.69. The van der Waals surface area contributed by atoms with Crippen LogP contribution in [0.25, 0.3) is 10.9 Å². The van der Waals surface area contributed by atoms with Crippen molar-refractivity contribution in [3.05, 3.63) is 46.5 Å². The molecule has 0 N–H and O–H groups in total. The molecule has 1 fully saturated rings. The Morgan fingerprint density at radius 2 is 2.00 bits per heavy atom. The summed E-state index contributed by atoms with van der Waals surface area (Å²) in [6.45, 7) is 7.00. The Morgan fingerprint density at radius 1 is 1.19 bits per heavy atom. The lowest BCUT2D eigenvalue weighted by molar-refractivity contribution is 0.122. The highest BCUT2D eigenvalue weighted by atomic mass is 32.1. The molecule has 0 amide bonds. The smallest absolute Gasteiger partial charge is 0.133 e. The Balaban J connectivity index is 1.64. The molecule has 0 spiro atoms. The van der Waals surface area contributed by atoms with Gasteiger partial charge < -0.3 is 9.64 Å². The van der Waals surface area contributed by atoms with Crippen molar-refractivity contribution in [1.82, 2.24) is 19.5 Å². The zero-order chi connectivity index (χ0) is 17.9. The van der Waals surface area contributed by atoms with Crippen LogP contribution in [0.1, 0.15) is 16.1 Å². The van der Waals surface area contributed by atoms with Crippen molar-refractivity contribution < 1.29 is 4.74 Å². The van der Waals surface area contributed by atoms with Gasteiger partial charge in [0.2, 0.25) is 0 Å². The summed E-state index contributed by atoms with van der Waals surface area (Å²) in [7, 11) is 2.14. The SMILES string of the molecule is Cc1nnsc1CN(C)Cc1cc2ccccc2nc1N1CCOCC1. The average molecular weight is 369 g/mol. The molecule has 6 nitrogen and oxygen atoms in total. The lowest BCUT2D eigenvalue weighted by Crippen LogP contribution is -2.37. The fraction of sp³-hybridized carbons (Fsp3) is 0.421. The summed E-state index contributed by atoms with van der Waals surface area (Å²) in [4.78, 5) is 10.9. The molecule has 3 heterocycles. The molecule has 2 aromatic heterocycles. The fourth-order valence-corrected chi connectivity index (χ4v) is 4.02. The summed E-state index contributed by atoms with van der Waals surface area (Å²) in [6, 6.07) is 10.6. The minimum Gasteiger partial charge on any atom is -0.378 e. The van der Waals surface area contributed by atoms with E-state index in [2.05, 4.69) is 50.7 Å². The molecule has 0 unspecified atom stereocenters. The number of pyridine rings is 1. The molecule has 1 aliphatic heterocycles. The normalized spacial score (nSPS) is 15.1. The van der Waals surface area contributed by atoms with Crippen molar-refractivity contribution in [3.63, 3.8) is 0 Å². The van der Waals surface area contributed by atoms with E-state index in [9.17, 15) is 0 Å². The number of aromatic nitrogens is 3. The van der Waals surface area contributed by atoms with E-state index in [-0.39, 0.29) is 0 Å². The minimum absolute atomic E-state index is 0.759. The Hall–Kier alpha value is -2.09. The molecule has 4 rings (SSSR count). The Labute approximate surface area is 157 Å². The van der Waals surface area contributed by atoms with Crippen LogP contribution in [0.15, 0.2) is 30.3 Å². The summed E-state index contributed by atoms with van der Waals surface area (Å²) < 4.78 is 9.56. The summed E-state index contributed by atoms with van der Waals surface area (Å²) in [5.74, 6) is 1.08. The molecule has 0 saturated carbocycles. The predicted molar refractivity (Wildman–Crippen MR) is 105 cm³/mol. The molecule has 7 heteroatoms. The number of aryl methyl sites for hydroxylation is 1. The summed E-state index contributed by atoms with van der Waals surface area (Å²) in [5, 5.41) is 5.30. The van der Waals surface area contributed by atoms with Crippen LogP contribution < -0.4 is 4.90 Å². The van der Waals surface area contributed by atoms with Gasteiger partial charge in [0, 0.05) is 37.1 Å². The van der Waals surface area contributed by atoms with E-state index in [1.54, 1.807) is 0 Å². The van der Waals surface area contributed by atoms with Crippen LogP contribution in [0.3, 0.4) is 0 Å². The molecule has 1 saturated heterocycles. The first-order valence-electron chi connectivity index (χ1n) is 8.88. The Morgan fingerprint density at radius 3 is 2.77 bits per heavy atom. The minimum atomic E-state index is 0.759. The quantitative estimate of drug-likeness (QED) is 0.689. The fourth-order valence-electron chi connectivity index (χ4n) is 3.30. The molecule has 0 atom stereocenters. The molecule has 0 aliphatic carbocycles. The summed E-state index contributed by atoms with van der Waals surface area (Å²) in [6.07, 6.45) is 0. The van der Waals surface area contributed by atoms with E-state index in [0.29, 0.717) is 0 Å². The van der Waals surface area contributed by atoms with Crippen LogP contribution in [0.2, 0.25) is 0 Å². The second-order valence-corrected chi connectivity index (χ2v) is 7.56. The second kappa shape index (κ2) is 7.65. The van der Waals surface area contributed by atoms with E-state index < -0.39 is 0 Å². The third kappa shape index (κ3) is 3.70. The van der Waals surface area contributed by atoms with Gasteiger partial charge in [-0.05, 0) is 37.6 Å². The maximum Gasteiger partial charge on any atom is 0.133 e. The van der Waals surface area contributed by atoms with Gasteiger partial charge in [-0.15, -0.1) is 5.10 Å². The zero-order valence-corrected chi connectivity index (χ0v) is 16.0. The maximum absolute atomic E-state index is 5.52. The molecule has 1 aliphatic rings. The van der Waals surface area contributed by atoms with Gasteiger partial charge in [0.15, 0.2) is 0 Å². The first-order chi connectivity index (χ1) is 12.7. The molecular weight excluding hydrogens is 346 g/mol. The van der Waals surface area contributed by atoms with Crippen LogP contribution >= 0.6 is 11.5 Å². The largest absolute Gasteiger partial charge is 0.378 e. The monoisotopic (exact) mass is 369 g/mol. The lowest BCUT2D eigenvalue weighted by Gasteiger charge is -2.30. The number of anilines is 1. The number of fused-ring (bicyclic) bond motifs is 1. The molecule has 1 aromatic carbocycles. The molecule has 26 heavy (non-hydrogen) atoms. The number of ether oxygens (including phenoxy) is 1. The molecular formula is C19H23N5OS. The van der Waals surface area contributed by atoms with Crippen molar-refractivity contribution in [2.24, 2.45) is 0 Å². The van der Waals surface area contributed by atoms with E-state index >= 15 is 0 Å². The number of hydrogen-bond donors (Lipinski definition) is 0. The van der Waals surface area contributed by atoms with Crippen molar-refractivity contribution in [3.8, 4) is 0 Å². The van der Waals surface area contributed by atoms with Crippen LogP contribution in [0.5, 0.6) is 0 Å². The predicted octanol–water partition coefficient (Wildman–Crippen LogP) is 2.86. The van der Waals surface area contributed by atoms with Crippen molar-refractivity contribution in [1.29, 1.82) is 0 Å². The van der Waals surface area contributed by atoms with Gasteiger partial charge in [0.25, 0.3) is 0 Å². The lowest BCUT2D eigenvalue weighted by atomic mass is 10.1. The van der Waals surface area contributed by atoms with E-state index in [0.717, 1.165) is 56.4 Å². The number of rotatable bonds is 5. The van der Waals surface area contributed by atoms with E-state index in [1.165, 1.54) is 27.4 Å². The van der Waals surface area contributed by atoms with E-state index in [1.807, 2.05) is 13.0 Å². The van der Waals surface area contributed by atoms with E-state index in [4.69, 9.17) is 9.72 Å². The van der Waals surface area contributed by atoms with Gasteiger partial charge in [-0.25, -0.2) is 4.98 Å². The number of morpholine rings is 1. The molecule has 0 radical (unpaired) electrons. The summed E-state index contributed by atoms with van der Waals surface area (Å²) in [5.41, 5.74) is 3.32. The molecule has 0 bridgehead atoms. The number of para-hydroxylation sites is 1. The topological polar surface area (TPSA) is 54.4 Å². The molecule has 136 valence electrons. The Kier molecular flexibility index (Phi) is 5.10. The van der Waals surface area contributed by atoms with Gasteiger partial charge in [-0.2, -0.15) is 0 Å². The number of benzene rings is 1. The van der Waals surface area contributed by atoms with Crippen LogP contribution in [0, 0.1) is 6.92 Å². The van der Waals surface area contributed by atoms with Gasteiger partial charge in [-0.1, -0.05) is 22.7 Å². The highest BCUT2D eigenvalue weighted by molar-refractivity contribution is 7.05. The van der Waals surface area contributed by atoms with Gasteiger partial charge in [-0.3, -0.25) is 4.90 Å². The van der Waals surface area contributed by atoms with Crippen LogP contribution in [0.4, 0.5) is 5.82 Å². The van der Waals surface area contributed by atoms with Crippen molar-refractivity contribution >= 4 is 28.3 Å². The average Bonchev–Trinajstić information content (AvgIpc) is 3.06. The zero-order valence-electron chi connectivity index (χ0n) is 15.2. The maximum atomic E-state index is 5.52. The van der Waals surface area contributed by atoms with Gasteiger partial charge in [0.05, 0.1) is 29.3 Å².